The van der Waals surface area contributed by atoms with Crippen LogP contribution in [0.3, 0.4) is 0 Å². The predicted octanol–water partition coefficient (Wildman–Crippen LogP) is 5.86. The van der Waals surface area contributed by atoms with Gasteiger partial charge in [-0.25, -0.2) is 24.9 Å². The highest BCUT2D eigenvalue weighted by Crippen LogP contribution is 2.36. The van der Waals surface area contributed by atoms with Crippen LogP contribution in [0.5, 0.6) is 0 Å². The molecule has 0 radical (unpaired) electrons. The van der Waals surface area contributed by atoms with Crippen LogP contribution in [0.15, 0.2) is 54.1 Å². The Bertz CT molecular complexity index is 2070. The molecule has 2 aliphatic heterocycles. The molecule has 6 aromatic rings. The van der Waals surface area contributed by atoms with Gasteiger partial charge in [-0.1, -0.05) is 34.8 Å². The third-order valence-electron chi connectivity index (χ3n) is 8.29. The van der Waals surface area contributed by atoms with E-state index >= 15 is 0 Å². The molecule has 0 saturated carbocycles. The van der Waals surface area contributed by atoms with Crippen LogP contribution in [0.2, 0.25) is 15.5 Å². The summed E-state index contributed by atoms with van der Waals surface area (Å²) in [6.45, 7) is 5.47. The van der Waals surface area contributed by atoms with Crippen molar-refractivity contribution in [2.75, 3.05) is 9.80 Å². The highest BCUT2D eigenvalue weighted by Gasteiger charge is 2.29. The third-order valence-corrected chi connectivity index (χ3v) is 9.00. The first-order valence-electron chi connectivity index (χ1n) is 14.1. The number of rotatable bonds is 2. The van der Waals surface area contributed by atoms with Gasteiger partial charge in [-0.3, -0.25) is 4.79 Å². The third kappa shape index (κ3) is 5.14. The average Bonchev–Trinajstić information content (AvgIpc) is 3.66. The summed E-state index contributed by atoms with van der Waals surface area (Å²) in [6, 6.07) is 8.25. The number of H-pyrrole nitrogens is 3. The van der Waals surface area contributed by atoms with Crippen LogP contribution in [-0.2, 0) is 25.9 Å². The Labute approximate surface area is 266 Å². The number of aromatic nitrogens is 8. The molecule has 0 spiro atoms. The molecule has 0 amide bonds. The molecule has 0 saturated heterocycles. The maximum atomic E-state index is 12.1. The van der Waals surface area contributed by atoms with E-state index in [-0.39, 0.29) is 17.6 Å². The van der Waals surface area contributed by atoms with Gasteiger partial charge in [0.1, 0.15) is 33.1 Å². The second-order valence-electron chi connectivity index (χ2n) is 11.0. The predicted molar refractivity (Wildman–Crippen MR) is 173 cm³/mol. The van der Waals surface area contributed by atoms with E-state index in [0.717, 1.165) is 68.8 Å². The van der Waals surface area contributed by atoms with E-state index in [0.29, 0.717) is 28.5 Å². The number of aromatic amines is 3. The quantitative estimate of drug-likeness (QED) is 0.157. The zero-order valence-electron chi connectivity index (χ0n) is 23.8. The van der Waals surface area contributed by atoms with Crippen LogP contribution in [-0.4, -0.2) is 52.0 Å². The van der Waals surface area contributed by atoms with Crippen molar-refractivity contribution in [3.05, 3.63) is 97.6 Å². The van der Waals surface area contributed by atoms with Crippen LogP contribution < -0.4 is 15.4 Å². The van der Waals surface area contributed by atoms with Crippen LogP contribution >= 0.6 is 34.8 Å². The number of nitrogens with one attached hydrogen (secondary N) is 3. The van der Waals surface area contributed by atoms with E-state index in [2.05, 4.69) is 63.5 Å². The molecule has 0 aromatic carbocycles. The molecule has 2 aliphatic rings. The molecular formula is C30H27Cl3N10O. The molecule has 6 aromatic heterocycles. The Morgan fingerprint density at radius 2 is 1.30 bits per heavy atom. The SMILES string of the molecule is C[C@@H]1Cc2nc[nH]c(=O)c2CN1c1cc(Cl)nc2[nH]ccc12.C[C@@H]1Cc2ncnc(Cl)c2CN1c1cc(Cl)nc2[nH]ccc12. The minimum atomic E-state index is -0.0765. The van der Waals surface area contributed by atoms with Crippen molar-refractivity contribution in [2.45, 2.75) is 51.9 Å². The van der Waals surface area contributed by atoms with E-state index in [1.807, 2.05) is 36.7 Å². The number of hydrogen-bond acceptors (Lipinski definition) is 8. The lowest BCUT2D eigenvalue weighted by Gasteiger charge is -2.36. The number of nitrogens with zero attached hydrogens (tertiary/aromatic N) is 7. The summed E-state index contributed by atoms with van der Waals surface area (Å²) in [5.41, 5.74) is 7.10. The summed E-state index contributed by atoms with van der Waals surface area (Å²) in [6.07, 6.45) is 8.26. The van der Waals surface area contributed by atoms with Crippen molar-refractivity contribution in [1.29, 1.82) is 0 Å². The van der Waals surface area contributed by atoms with E-state index in [9.17, 15) is 4.79 Å². The standard InChI is InChI=1S/C15H13Cl2N5.C15H14ClN5O/c1-8-4-11-10(14(17)20-7-19-11)6-22(8)12-5-13(16)21-15-9(12)2-3-18-15;1-8-4-11-10(15(22)19-7-18-11)6-21(8)12-5-13(16)20-14-9(12)2-3-17-14/h2-3,5,7-8H,4,6H2,1H3,(H,18,21);2-3,5,7-8H,4,6H2,1H3,(H,17,20)(H,18,19,22)/t2*8-/m11/s1. The van der Waals surface area contributed by atoms with Crippen LogP contribution in [0, 0.1) is 0 Å². The Morgan fingerprint density at radius 1 is 0.750 bits per heavy atom. The normalized spacial score (nSPS) is 17.8. The first-order valence-corrected chi connectivity index (χ1v) is 15.2. The fourth-order valence-corrected chi connectivity index (χ4v) is 6.68. The lowest BCUT2D eigenvalue weighted by atomic mass is 9.99. The second kappa shape index (κ2) is 11.4. The van der Waals surface area contributed by atoms with Crippen molar-refractivity contribution in [3.8, 4) is 0 Å². The van der Waals surface area contributed by atoms with Gasteiger partial charge in [-0.15, -0.1) is 0 Å². The van der Waals surface area contributed by atoms with Crippen LogP contribution in [0.25, 0.3) is 22.1 Å². The second-order valence-corrected chi connectivity index (χ2v) is 12.1. The molecule has 11 nitrogen and oxygen atoms in total. The molecule has 44 heavy (non-hydrogen) atoms. The molecule has 0 aliphatic carbocycles. The maximum absolute atomic E-state index is 12.1. The minimum Gasteiger partial charge on any atom is -0.363 e. The fraction of sp³-hybridized carbons (Fsp3) is 0.267. The van der Waals surface area contributed by atoms with Gasteiger partial charge in [-0.2, -0.15) is 0 Å². The van der Waals surface area contributed by atoms with Gasteiger partial charge < -0.3 is 24.8 Å². The summed E-state index contributed by atoms with van der Waals surface area (Å²) in [4.78, 5) is 46.7. The van der Waals surface area contributed by atoms with Crippen molar-refractivity contribution in [3.63, 3.8) is 0 Å². The largest absolute Gasteiger partial charge is 0.363 e. The van der Waals surface area contributed by atoms with Gasteiger partial charge >= 0.3 is 0 Å². The zero-order valence-corrected chi connectivity index (χ0v) is 26.0. The topological polar surface area (TPSA) is 135 Å². The number of anilines is 2. The van der Waals surface area contributed by atoms with Crippen molar-refractivity contribution in [1.82, 2.24) is 39.9 Å². The van der Waals surface area contributed by atoms with Gasteiger partial charge in [0.2, 0.25) is 0 Å². The number of hydrogen-bond donors (Lipinski definition) is 3. The first kappa shape index (κ1) is 28.6. The van der Waals surface area contributed by atoms with Gasteiger partial charge in [0.15, 0.2) is 0 Å². The monoisotopic (exact) mass is 648 g/mol. The molecule has 0 unspecified atom stereocenters. The minimum absolute atomic E-state index is 0.0765. The Kier molecular flexibility index (Phi) is 7.39. The Hall–Kier alpha value is -4.19. The van der Waals surface area contributed by atoms with E-state index < -0.39 is 0 Å². The molecular weight excluding hydrogens is 623 g/mol. The molecule has 0 fully saturated rings. The fourth-order valence-electron chi connectivity index (χ4n) is 6.09. The number of fused-ring (bicyclic) bond motifs is 4. The highest BCUT2D eigenvalue weighted by atomic mass is 35.5. The lowest BCUT2D eigenvalue weighted by molar-refractivity contribution is 0.576. The van der Waals surface area contributed by atoms with Crippen LogP contribution in [0.1, 0.15) is 36.4 Å². The summed E-state index contributed by atoms with van der Waals surface area (Å²) < 4.78 is 0. The summed E-state index contributed by atoms with van der Waals surface area (Å²) in [5, 5.41) is 3.47. The molecule has 8 rings (SSSR count). The number of pyridine rings is 2. The summed E-state index contributed by atoms with van der Waals surface area (Å²) >= 11 is 18.6. The van der Waals surface area contributed by atoms with E-state index in [1.54, 1.807) is 0 Å². The molecule has 14 heteroatoms. The molecule has 8 heterocycles. The summed E-state index contributed by atoms with van der Waals surface area (Å²) in [5.74, 6) is 0. The summed E-state index contributed by atoms with van der Waals surface area (Å²) in [7, 11) is 0. The van der Waals surface area contributed by atoms with Gasteiger partial charge in [0, 0.05) is 60.2 Å². The Balaban J connectivity index is 0.000000142. The van der Waals surface area contributed by atoms with Gasteiger partial charge in [0.25, 0.3) is 5.56 Å². The lowest BCUT2D eigenvalue weighted by Crippen LogP contribution is -2.41. The van der Waals surface area contributed by atoms with Gasteiger partial charge in [-0.05, 0) is 38.1 Å². The van der Waals surface area contributed by atoms with Crippen LogP contribution in [0.4, 0.5) is 11.4 Å². The molecule has 2 atom stereocenters. The number of halogens is 3. The molecule has 3 N–H and O–H groups in total. The smallest absolute Gasteiger partial charge is 0.255 e. The van der Waals surface area contributed by atoms with Gasteiger partial charge in [0.05, 0.1) is 41.2 Å². The van der Waals surface area contributed by atoms with Crippen molar-refractivity contribution in [2.24, 2.45) is 0 Å². The average molecular weight is 650 g/mol. The molecule has 224 valence electrons. The van der Waals surface area contributed by atoms with Crippen molar-refractivity contribution >= 4 is 68.2 Å². The van der Waals surface area contributed by atoms with E-state index in [1.165, 1.54) is 12.7 Å². The maximum Gasteiger partial charge on any atom is 0.255 e. The van der Waals surface area contributed by atoms with E-state index in [4.69, 9.17) is 34.8 Å². The van der Waals surface area contributed by atoms with Crippen molar-refractivity contribution < 1.29 is 0 Å². The molecule has 0 bridgehead atoms. The highest BCUT2D eigenvalue weighted by molar-refractivity contribution is 6.31. The Morgan fingerprint density at radius 3 is 1.89 bits per heavy atom. The first-order chi connectivity index (χ1) is 21.3. The zero-order chi connectivity index (χ0) is 30.5.